The van der Waals surface area contributed by atoms with Crippen molar-refractivity contribution < 1.29 is 22.3 Å². The first kappa shape index (κ1) is 21.7. The highest BCUT2D eigenvalue weighted by atomic mass is 32.2. The van der Waals surface area contributed by atoms with E-state index in [-0.39, 0.29) is 18.7 Å². The van der Waals surface area contributed by atoms with Crippen LogP contribution in [0.15, 0.2) is 48.5 Å². The summed E-state index contributed by atoms with van der Waals surface area (Å²) < 4.78 is 44.4. The second kappa shape index (κ2) is 9.54. The van der Waals surface area contributed by atoms with E-state index < -0.39 is 27.8 Å². The molecule has 0 radical (unpaired) electrons. The molecule has 28 heavy (non-hydrogen) atoms. The van der Waals surface area contributed by atoms with Crippen LogP contribution in [0.25, 0.3) is 0 Å². The lowest BCUT2D eigenvalue weighted by atomic mass is 10.1. The zero-order chi connectivity index (χ0) is 20.7. The van der Waals surface area contributed by atoms with Gasteiger partial charge in [0.25, 0.3) is 0 Å². The summed E-state index contributed by atoms with van der Waals surface area (Å²) in [6, 6.07) is 11.4. The molecule has 1 N–H and O–H groups in total. The summed E-state index contributed by atoms with van der Waals surface area (Å²) in [4.78, 5) is 12.8. The number of carbonyl (C=O) groups is 1. The highest BCUT2D eigenvalue weighted by Gasteiger charge is 2.31. The molecule has 0 aliphatic heterocycles. The molecule has 2 aromatic carbocycles. The normalized spacial score (nSPS) is 12.3. The molecule has 0 aliphatic carbocycles. The average Bonchev–Trinajstić information content (AvgIpc) is 2.65. The standard InChI is InChI=1S/C20H25FN2O4S/c1-4-19(23(28(3,25)26)17-11-9-16(21)10-12-17)20(24)22-14-15-7-6-8-18(13-15)27-5-2/h6-13,19H,4-5,14H2,1-3H3,(H,22,24)/t19-/m1/s1. The lowest BCUT2D eigenvalue weighted by molar-refractivity contribution is -0.122. The second-order valence-corrected chi connectivity index (χ2v) is 8.12. The molecule has 152 valence electrons. The van der Waals surface area contributed by atoms with Gasteiger partial charge < -0.3 is 10.1 Å². The number of nitrogens with one attached hydrogen (secondary N) is 1. The predicted octanol–water partition coefficient (Wildman–Crippen LogP) is 3.09. The Morgan fingerprint density at radius 1 is 1.18 bits per heavy atom. The molecule has 8 heteroatoms. The van der Waals surface area contributed by atoms with Crippen LogP contribution in [-0.4, -0.2) is 33.2 Å². The molecule has 0 spiro atoms. The van der Waals surface area contributed by atoms with Crippen LogP contribution in [0.2, 0.25) is 0 Å². The molecule has 0 unspecified atom stereocenters. The lowest BCUT2D eigenvalue weighted by Gasteiger charge is -2.30. The zero-order valence-corrected chi connectivity index (χ0v) is 17.0. The molecule has 0 heterocycles. The number of carbonyl (C=O) groups excluding carboxylic acids is 1. The Balaban J connectivity index is 2.19. The van der Waals surface area contributed by atoms with Gasteiger partial charge >= 0.3 is 0 Å². The largest absolute Gasteiger partial charge is 0.494 e. The van der Waals surface area contributed by atoms with Crippen molar-refractivity contribution >= 4 is 21.6 Å². The number of benzene rings is 2. The summed E-state index contributed by atoms with van der Waals surface area (Å²) in [6.07, 6.45) is 1.28. The van der Waals surface area contributed by atoms with Gasteiger partial charge in [-0.05, 0) is 55.3 Å². The SMILES string of the molecule is CCOc1cccc(CNC(=O)[C@@H](CC)N(c2ccc(F)cc2)S(C)(=O)=O)c1. The van der Waals surface area contributed by atoms with Crippen molar-refractivity contribution in [2.24, 2.45) is 0 Å². The maximum absolute atomic E-state index is 13.2. The molecule has 0 saturated carbocycles. The van der Waals surface area contributed by atoms with Crippen LogP contribution >= 0.6 is 0 Å². The van der Waals surface area contributed by atoms with E-state index in [4.69, 9.17) is 4.74 Å². The van der Waals surface area contributed by atoms with Crippen LogP contribution in [0.4, 0.5) is 10.1 Å². The number of sulfonamides is 1. The number of hydrogen-bond donors (Lipinski definition) is 1. The lowest BCUT2D eigenvalue weighted by Crippen LogP contribution is -2.49. The van der Waals surface area contributed by atoms with Gasteiger partial charge in [-0.25, -0.2) is 12.8 Å². The summed E-state index contributed by atoms with van der Waals surface area (Å²) in [5.41, 5.74) is 1.08. The number of nitrogens with zero attached hydrogens (tertiary/aromatic N) is 1. The molecule has 2 aromatic rings. The summed E-state index contributed by atoms with van der Waals surface area (Å²) in [6.45, 7) is 4.38. The minimum atomic E-state index is -3.75. The Morgan fingerprint density at radius 2 is 1.86 bits per heavy atom. The zero-order valence-electron chi connectivity index (χ0n) is 16.2. The van der Waals surface area contributed by atoms with Gasteiger partial charge in [-0.2, -0.15) is 0 Å². The van der Waals surface area contributed by atoms with Crippen molar-refractivity contribution in [3.8, 4) is 5.75 Å². The Hall–Kier alpha value is -2.61. The second-order valence-electron chi connectivity index (χ2n) is 6.26. The molecule has 2 rings (SSSR count). The first-order valence-electron chi connectivity index (χ1n) is 9.00. The number of anilines is 1. The molecular formula is C20H25FN2O4S. The fourth-order valence-electron chi connectivity index (χ4n) is 2.87. The van der Waals surface area contributed by atoms with Gasteiger partial charge in [-0.1, -0.05) is 19.1 Å². The Morgan fingerprint density at radius 3 is 2.43 bits per heavy atom. The van der Waals surface area contributed by atoms with Crippen molar-refractivity contribution in [1.29, 1.82) is 0 Å². The highest BCUT2D eigenvalue weighted by molar-refractivity contribution is 7.92. The fraction of sp³-hybridized carbons (Fsp3) is 0.350. The topological polar surface area (TPSA) is 75.7 Å². The molecule has 6 nitrogen and oxygen atoms in total. The van der Waals surface area contributed by atoms with Crippen LogP contribution < -0.4 is 14.4 Å². The van der Waals surface area contributed by atoms with E-state index in [1.807, 2.05) is 31.2 Å². The molecular weight excluding hydrogens is 383 g/mol. The Kier molecular flexibility index (Phi) is 7.39. The minimum Gasteiger partial charge on any atom is -0.494 e. The third kappa shape index (κ3) is 5.69. The number of ether oxygens (including phenoxy) is 1. The highest BCUT2D eigenvalue weighted by Crippen LogP contribution is 2.23. The third-order valence-corrected chi connectivity index (χ3v) is 5.27. The quantitative estimate of drug-likeness (QED) is 0.692. The van der Waals surface area contributed by atoms with E-state index in [1.54, 1.807) is 6.92 Å². The van der Waals surface area contributed by atoms with Crippen molar-refractivity contribution in [3.05, 3.63) is 59.9 Å². The van der Waals surface area contributed by atoms with E-state index >= 15 is 0 Å². The van der Waals surface area contributed by atoms with Gasteiger partial charge in [0, 0.05) is 6.54 Å². The van der Waals surface area contributed by atoms with E-state index in [9.17, 15) is 17.6 Å². The molecule has 0 bridgehead atoms. The van der Waals surface area contributed by atoms with Gasteiger partial charge in [-0.15, -0.1) is 0 Å². The minimum absolute atomic E-state index is 0.233. The van der Waals surface area contributed by atoms with Crippen molar-refractivity contribution in [2.75, 3.05) is 17.2 Å². The molecule has 0 fully saturated rings. The van der Waals surface area contributed by atoms with Crippen LogP contribution in [0, 0.1) is 5.82 Å². The van der Waals surface area contributed by atoms with E-state index in [0.29, 0.717) is 12.4 Å². The first-order valence-corrected chi connectivity index (χ1v) is 10.9. The first-order chi connectivity index (χ1) is 13.3. The van der Waals surface area contributed by atoms with Gasteiger partial charge in [0.1, 0.15) is 17.6 Å². The van der Waals surface area contributed by atoms with Gasteiger partial charge in [0.15, 0.2) is 0 Å². The number of halogens is 1. The van der Waals surface area contributed by atoms with Crippen LogP contribution in [0.1, 0.15) is 25.8 Å². The Labute approximate surface area is 165 Å². The number of hydrogen-bond acceptors (Lipinski definition) is 4. The molecule has 1 atom stereocenters. The van der Waals surface area contributed by atoms with Gasteiger partial charge in [0.05, 0.1) is 18.6 Å². The van der Waals surface area contributed by atoms with Crippen LogP contribution in [0.3, 0.4) is 0 Å². The average molecular weight is 408 g/mol. The molecule has 0 aliphatic rings. The maximum Gasteiger partial charge on any atom is 0.244 e. The Bertz CT molecular complexity index is 901. The van der Waals surface area contributed by atoms with E-state index in [0.717, 1.165) is 28.3 Å². The molecule has 0 aromatic heterocycles. The molecule has 1 amide bonds. The van der Waals surface area contributed by atoms with E-state index in [1.165, 1.54) is 12.1 Å². The van der Waals surface area contributed by atoms with E-state index in [2.05, 4.69) is 5.32 Å². The van der Waals surface area contributed by atoms with Gasteiger partial charge in [0.2, 0.25) is 15.9 Å². The van der Waals surface area contributed by atoms with Crippen molar-refractivity contribution in [2.45, 2.75) is 32.9 Å². The third-order valence-electron chi connectivity index (χ3n) is 4.09. The van der Waals surface area contributed by atoms with Crippen molar-refractivity contribution in [1.82, 2.24) is 5.32 Å². The van der Waals surface area contributed by atoms with Crippen LogP contribution in [-0.2, 0) is 21.4 Å². The van der Waals surface area contributed by atoms with Crippen LogP contribution in [0.5, 0.6) is 5.75 Å². The monoisotopic (exact) mass is 408 g/mol. The number of rotatable bonds is 9. The fourth-order valence-corrected chi connectivity index (χ4v) is 4.08. The predicted molar refractivity (Wildman–Crippen MR) is 107 cm³/mol. The summed E-state index contributed by atoms with van der Waals surface area (Å²) in [7, 11) is -3.75. The summed E-state index contributed by atoms with van der Waals surface area (Å²) >= 11 is 0. The van der Waals surface area contributed by atoms with Crippen molar-refractivity contribution in [3.63, 3.8) is 0 Å². The summed E-state index contributed by atoms with van der Waals surface area (Å²) in [5, 5.41) is 2.78. The summed E-state index contributed by atoms with van der Waals surface area (Å²) in [5.74, 6) is -0.215. The smallest absolute Gasteiger partial charge is 0.244 e. The number of amides is 1. The maximum atomic E-state index is 13.2. The van der Waals surface area contributed by atoms with Gasteiger partial charge in [-0.3, -0.25) is 9.10 Å². The molecule has 0 saturated heterocycles.